The van der Waals surface area contributed by atoms with Crippen LogP contribution in [-0.4, -0.2) is 53.8 Å². The summed E-state index contributed by atoms with van der Waals surface area (Å²) in [7, 11) is 0. The highest BCUT2D eigenvalue weighted by atomic mass is 16.2. The Morgan fingerprint density at radius 3 is 2.39 bits per heavy atom. The minimum atomic E-state index is -0.435. The molecular formula is C18H27N3O2. The van der Waals surface area contributed by atoms with Gasteiger partial charge in [0.2, 0.25) is 11.8 Å². The number of carbonyl (C=O) groups excluding carboxylic acids is 2. The molecule has 0 unspecified atom stereocenters. The summed E-state index contributed by atoms with van der Waals surface area (Å²) in [5, 5.41) is 2.79. The van der Waals surface area contributed by atoms with E-state index in [1.807, 2.05) is 17.9 Å². The van der Waals surface area contributed by atoms with Gasteiger partial charge in [-0.1, -0.05) is 37.3 Å². The van der Waals surface area contributed by atoms with Crippen LogP contribution >= 0.6 is 0 Å². The van der Waals surface area contributed by atoms with Crippen LogP contribution in [0.3, 0.4) is 0 Å². The molecule has 1 atom stereocenters. The Morgan fingerprint density at radius 2 is 1.78 bits per heavy atom. The molecule has 0 radical (unpaired) electrons. The van der Waals surface area contributed by atoms with Crippen LogP contribution in [-0.2, 0) is 16.1 Å². The van der Waals surface area contributed by atoms with Gasteiger partial charge in [0.15, 0.2) is 0 Å². The Labute approximate surface area is 138 Å². The largest absolute Gasteiger partial charge is 0.345 e. The molecule has 2 rings (SSSR count). The summed E-state index contributed by atoms with van der Waals surface area (Å²) >= 11 is 0. The van der Waals surface area contributed by atoms with Crippen molar-refractivity contribution < 1.29 is 9.59 Å². The van der Waals surface area contributed by atoms with Crippen molar-refractivity contribution >= 4 is 11.8 Å². The first kappa shape index (κ1) is 17.5. The molecule has 0 spiro atoms. The van der Waals surface area contributed by atoms with E-state index in [1.54, 1.807) is 6.92 Å². The van der Waals surface area contributed by atoms with Gasteiger partial charge < -0.3 is 10.2 Å². The first-order chi connectivity index (χ1) is 11.1. The van der Waals surface area contributed by atoms with Crippen LogP contribution in [0.4, 0.5) is 0 Å². The molecule has 5 nitrogen and oxygen atoms in total. The van der Waals surface area contributed by atoms with Gasteiger partial charge in [-0.2, -0.15) is 0 Å². The SMILES string of the molecule is CCCC(=O)N[C@@H](C)C(=O)N1CCN(Cc2ccccc2)CC1. The fourth-order valence-electron chi connectivity index (χ4n) is 2.84. The molecular weight excluding hydrogens is 290 g/mol. The quantitative estimate of drug-likeness (QED) is 0.868. The summed E-state index contributed by atoms with van der Waals surface area (Å²) in [4.78, 5) is 28.2. The molecule has 1 aromatic carbocycles. The van der Waals surface area contributed by atoms with E-state index in [-0.39, 0.29) is 11.8 Å². The third-order valence-corrected chi connectivity index (χ3v) is 4.16. The summed E-state index contributed by atoms with van der Waals surface area (Å²) in [6.07, 6.45) is 1.27. The molecule has 1 aliphatic heterocycles. The zero-order chi connectivity index (χ0) is 16.7. The van der Waals surface area contributed by atoms with Gasteiger partial charge in [0.25, 0.3) is 0 Å². The fourth-order valence-corrected chi connectivity index (χ4v) is 2.84. The number of benzene rings is 1. The standard InChI is InChI=1S/C18H27N3O2/c1-3-7-17(22)19-15(2)18(23)21-12-10-20(11-13-21)14-16-8-5-4-6-9-16/h4-6,8-9,15H,3,7,10-14H2,1-2H3,(H,19,22)/t15-/m0/s1. The van der Waals surface area contributed by atoms with Crippen molar-refractivity contribution in [3.8, 4) is 0 Å². The lowest BCUT2D eigenvalue weighted by Crippen LogP contribution is -2.53. The van der Waals surface area contributed by atoms with Crippen LogP contribution in [0.15, 0.2) is 30.3 Å². The van der Waals surface area contributed by atoms with E-state index in [1.165, 1.54) is 5.56 Å². The summed E-state index contributed by atoms with van der Waals surface area (Å²) in [5.74, 6) is -0.0233. The Kier molecular flexibility index (Phi) is 6.59. The van der Waals surface area contributed by atoms with Crippen molar-refractivity contribution in [2.24, 2.45) is 0 Å². The van der Waals surface area contributed by atoms with Crippen molar-refractivity contribution in [2.75, 3.05) is 26.2 Å². The van der Waals surface area contributed by atoms with Gasteiger partial charge in [-0.05, 0) is 18.9 Å². The van der Waals surface area contributed by atoms with Gasteiger partial charge in [0.1, 0.15) is 6.04 Å². The molecule has 0 aliphatic carbocycles. The summed E-state index contributed by atoms with van der Waals surface area (Å²) in [5.41, 5.74) is 1.30. The zero-order valence-electron chi connectivity index (χ0n) is 14.1. The summed E-state index contributed by atoms with van der Waals surface area (Å²) < 4.78 is 0. The van der Waals surface area contributed by atoms with Crippen molar-refractivity contribution in [1.29, 1.82) is 0 Å². The maximum absolute atomic E-state index is 12.4. The predicted octanol–water partition coefficient (Wildman–Crippen LogP) is 1.64. The van der Waals surface area contributed by atoms with Gasteiger partial charge in [0.05, 0.1) is 0 Å². The average Bonchev–Trinajstić information content (AvgIpc) is 2.56. The number of hydrogen-bond acceptors (Lipinski definition) is 3. The molecule has 1 aliphatic rings. The molecule has 23 heavy (non-hydrogen) atoms. The molecule has 126 valence electrons. The highest BCUT2D eigenvalue weighted by Gasteiger charge is 2.25. The molecule has 0 aromatic heterocycles. The van der Waals surface area contributed by atoms with E-state index in [9.17, 15) is 9.59 Å². The third-order valence-electron chi connectivity index (χ3n) is 4.16. The highest BCUT2D eigenvalue weighted by molar-refractivity contribution is 5.87. The molecule has 5 heteroatoms. The van der Waals surface area contributed by atoms with Crippen LogP contribution in [0, 0.1) is 0 Å². The Bertz CT molecular complexity index is 510. The molecule has 1 heterocycles. The topological polar surface area (TPSA) is 52.7 Å². The van der Waals surface area contributed by atoms with Gasteiger partial charge in [-0.3, -0.25) is 14.5 Å². The number of rotatable bonds is 6. The molecule has 2 amide bonds. The molecule has 0 saturated carbocycles. The zero-order valence-corrected chi connectivity index (χ0v) is 14.1. The minimum absolute atomic E-state index is 0.0221. The van der Waals surface area contributed by atoms with Crippen LogP contribution < -0.4 is 5.32 Å². The van der Waals surface area contributed by atoms with Crippen molar-refractivity contribution in [1.82, 2.24) is 15.1 Å². The molecule has 1 aromatic rings. The lowest BCUT2D eigenvalue weighted by Gasteiger charge is -2.36. The maximum atomic E-state index is 12.4. The second-order valence-electron chi connectivity index (χ2n) is 6.13. The van der Waals surface area contributed by atoms with Gasteiger partial charge >= 0.3 is 0 Å². The molecule has 0 bridgehead atoms. The third kappa shape index (κ3) is 5.36. The Hall–Kier alpha value is -1.88. The van der Waals surface area contributed by atoms with Crippen molar-refractivity contribution in [3.63, 3.8) is 0 Å². The normalized spacial score (nSPS) is 16.9. The smallest absolute Gasteiger partial charge is 0.244 e. The number of piperazine rings is 1. The Morgan fingerprint density at radius 1 is 1.13 bits per heavy atom. The van der Waals surface area contributed by atoms with Crippen molar-refractivity contribution in [2.45, 2.75) is 39.3 Å². The van der Waals surface area contributed by atoms with Gasteiger partial charge in [-0.15, -0.1) is 0 Å². The van der Waals surface area contributed by atoms with Gasteiger partial charge in [0, 0.05) is 39.1 Å². The lowest BCUT2D eigenvalue weighted by molar-refractivity contribution is -0.137. The van der Waals surface area contributed by atoms with E-state index in [0.29, 0.717) is 6.42 Å². The van der Waals surface area contributed by atoms with E-state index >= 15 is 0 Å². The number of nitrogens with zero attached hydrogens (tertiary/aromatic N) is 2. The number of hydrogen-bond donors (Lipinski definition) is 1. The number of amides is 2. The summed E-state index contributed by atoms with van der Waals surface area (Å²) in [6.45, 7) is 7.84. The van der Waals surface area contributed by atoms with Crippen LogP contribution in [0.2, 0.25) is 0 Å². The number of carbonyl (C=O) groups is 2. The maximum Gasteiger partial charge on any atom is 0.244 e. The molecule has 1 saturated heterocycles. The van der Waals surface area contributed by atoms with Crippen LogP contribution in [0.25, 0.3) is 0 Å². The highest BCUT2D eigenvalue weighted by Crippen LogP contribution is 2.09. The van der Waals surface area contributed by atoms with E-state index < -0.39 is 6.04 Å². The monoisotopic (exact) mass is 317 g/mol. The van der Waals surface area contributed by atoms with Crippen LogP contribution in [0.5, 0.6) is 0 Å². The minimum Gasteiger partial charge on any atom is -0.345 e. The van der Waals surface area contributed by atoms with E-state index in [0.717, 1.165) is 39.1 Å². The second kappa shape index (κ2) is 8.67. The van der Waals surface area contributed by atoms with Gasteiger partial charge in [-0.25, -0.2) is 0 Å². The fraction of sp³-hybridized carbons (Fsp3) is 0.556. The molecule has 1 N–H and O–H groups in total. The average molecular weight is 317 g/mol. The van der Waals surface area contributed by atoms with E-state index in [4.69, 9.17) is 0 Å². The first-order valence-corrected chi connectivity index (χ1v) is 8.44. The molecule has 1 fully saturated rings. The van der Waals surface area contributed by atoms with E-state index in [2.05, 4.69) is 34.5 Å². The number of nitrogens with one attached hydrogen (secondary N) is 1. The van der Waals surface area contributed by atoms with Crippen molar-refractivity contribution in [3.05, 3.63) is 35.9 Å². The predicted molar refractivity (Wildman–Crippen MR) is 90.8 cm³/mol. The first-order valence-electron chi connectivity index (χ1n) is 8.44. The lowest BCUT2D eigenvalue weighted by atomic mass is 10.2. The Balaban J connectivity index is 1.77. The summed E-state index contributed by atoms with van der Waals surface area (Å²) in [6, 6.07) is 9.95. The van der Waals surface area contributed by atoms with Crippen LogP contribution in [0.1, 0.15) is 32.3 Å². The second-order valence-corrected chi connectivity index (χ2v) is 6.13.